The fourth-order valence-electron chi connectivity index (χ4n) is 1.86. The van der Waals surface area contributed by atoms with Crippen LogP contribution in [0.4, 0.5) is 4.79 Å². The lowest BCUT2D eigenvalue weighted by atomic mass is 9.96. The van der Waals surface area contributed by atoms with Gasteiger partial charge in [0.2, 0.25) is 0 Å². The monoisotopic (exact) mass is 258 g/mol. The number of nitrogens with zero attached hydrogens (tertiary/aromatic N) is 1. The van der Waals surface area contributed by atoms with E-state index in [4.69, 9.17) is 5.11 Å². The number of hydrogen-bond donors (Lipinski definition) is 3. The van der Waals surface area contributed by atoms with Crippen LogP contribution in [0.2, 0.25) is 0 Å². The fourth-order valence-corrected chi connectivity index (χ4v) is 1.86. The third-order valence-electron chi connectivity index (χ3n) is 3.70. The van der Waals surface area contributed by atoms with Crippen molar-refractivity contribution in [3.8, 4) is 0 Å². The summed E-state index contributed by atoms with van der Waals surface area (Å²) in [6, 6.07) is -0.743. The maximum absolute atomic E-state index is 11.9. The minimum absolute atomic E-state index is 0.199. The molecule has 0 aromatic carbocycles. The molecule has 4 unspecified atom stereocenters. The molecule has 0 saturated carbocycles. The molecule has 0 bridgehead atoms. The lowest BCUT2D eigenvalue weighted by molar-refractivity contribution is -0.141. The normalized spacial score (nSPS) is 27.4. The Morgan fingerprint density at radius 2 is 2.00 bits per heavy atom. The molecule has 4 atom stereocenters. The fraction of sp³-hybridized carbons (Fsp3) is 0.833. The average Bonchev–Trinajstić information content (AvgIpc) is 2.31. The van der Waals surface area contributed by atoms with Gasteiger partial charge in [-0.1, -0.05) is 6.92 Å². The molecule has 0 aliphatic carbocycles. The third kappa shape index (κ3) is 3.60. The first-order valence-corrected chi connectivity index (χ1v) is 6.29. The number of carboxylic acid groups (broad SMARTS) is 1. The summed E-state index contributed by atoms with van der Waals surface area (Å²) in [7, 11) is 0. The minimum atomic E-state index is -0.935. The first-order chi connectivity index (χ1) is 8.32. The second-order valence-corrected chi connectivity index (χ2v) is 5.14. The summed E-state index contributed by atoms with van der Waals surface area (Å²) in [5.74, 6) is -1.37. The van der Waals surface area contributed by atoms with Crippen LogP contribution in [0.5, 0.6) is 0 Å². The largest absolute Gasteiger partial charge is 0.481 e. The van der Waals surface area contributed by atoms with E-state index in [9.17, 15) is 14.7 Å². The van der Waals surface area contributed by atoms with Crippen molar-refractivity contribution in [2.24, 2.45) is 11.8 Å². The molecule has 1 aliphatic rings. The van der Waals surface area contributed by atoms with Crippen LogP contribution < -0.4 is 5.32 Å². The van der Waals surface area contributed by atoms with Crippen molar-refractivity contribution in [1.29, 1.82) is 0 Å². The topological polar surface area (TPSA) is 89.9 Å². The molecule has 1 aliphatic heterocycles. The van der Waals surface area contributed by atoms with Crippen molar-refractivity contribution >= 4 is 12.0 Å². The molecule has 0 radical (unpaired) electrons. The highest BCUT2D eigenvalue weighted by Crippen LogP contribution is 2.17. The van der Waals surface area contributed by atoms with E-state index in [0.29, 0.717) is 13.1 Å². The maximum Gasteiger partial charge on any atom is 0.317 e. The van der Waals surface area contributed by atoms with Crippen molar-refractivity contribution in [2.75, 3.05) is 13.1 Å². The predicted molar refractivity (Wildman–Crippen MR) is 66.2 cm³/mol. The number of rotatable bonds is 3. The van der Waals surface area contributed by atoms with Crippen molar-refractivity contribution in [1.82, 2.24) is 10.2 Å². The standard InChI is InChI=1S/C12H22N2O4/c1-7-4-5-14(6-10(7)15)12(18)13-9(3)8(2)11(16)17/h7-10,15H,4-6H2,1-3H3,(H,13,18)(H,16,17). The van der Waals surface area contributed by atoms with E-state index < -0.39 is 24.0 Å². The van der Waals surface area contributed by atoms with E-state index >= 15 is 0 Å². The van der Waals surface area contributed by atoms with Crippen LogP contribution in [0.1, 0.15) is 27.2 Å². The molecule has 1 fully saturated rings. The molecular formula is C12H22N2O4. The number of hydrogen-bond acceptors (Lipinski definition) is 3. The van der Waals surface area contributed by atoms with Gasteiger partial charge in [0.25, 0.3) is 0 Å². The number of carbonyl (C=O) groups is 2. The predicted octanol–water partition coefficient (Wildman–Crippen LogP) is 0.508. The molecule has 1 rings (SSSR count). The van der Waals surface area contributed by atoms with Crippen LogP contribution in [-0.2, 0) is 4.79 Å². The summed E-state index contributed by atoms with van der Waals surface area (Å²) in [5.41, 5.74) is 0. The first-order valence-electron chi connectivity index (χ1n) is 6.29. The van der Waals surface area contributed by atoms with Crippen LogP contribution in [0.25, 0.3) is 0 Å². The Bertz CT molecular complexity index is 321. The Balaban J connectivity index is 2.48. The second-order valence-electron chi connectivity index (χ2n) is 5.14. The smallest absolute Gasteiger partial charge is 0.317 e. The molecule has 0 aromatic heterocycles. The van der Waals surface area contributed by atoms with Crippen molar-refractivity contribution in [3.63, 3.8) is 0 Å². The number of β-amino-alcohol motifs (C(OH)–C–C–N with tert-alkyl or cyclic N) is 1. The SMILES string of the molecule is CC1CCN(C(=O)NC(C)C(C)C(=O)O)CC1O. The highest BCUT2D eigenvalue weighted by molar-refractivity contribution is 5.76. The summed E-state index contributed by atoms with van der Waals surface area (Å²) < 4.78 is 0. The quantitative estimate of drug-likeness (QED) is 0.688. The van der Waals surface area contributed by atoms with Gasteiger partial charge in [-0.05, 0) is 26.2 Å². The number of carbonyl (C=O) groups excluding carboxylic acids is 1. The zero-order valence-electron chi connectivity index (χ0n) is 11.1. The molecular weight excluding hydrogens is 236 g/mol. The molecule has 104 valence electrons. The number of aliphatic hydroxyl groups is 1. The van der Waals surface area contributed by atoms with Gasteiger partial charge in [0, 0.05) is 19.1 Å². The van der Waals surface area contributed by atoms with Crippen molar-refractivity contribution in [3.05, 3.63) is 0 Å². The van der Waals surface area contributed by atoms with Gasteiger partial charge in [0.15, 0.2) is 0 Å². The van der Waals surface area contributed by atoms with Crippen LogP contribution >= 0.6 is 0 Å². The number of amides is 2. The van der Waals surface area contributed by atoms with Gasteiger partial charge in [-0.25, -0.2) is 4.79 Å². The summed E-state index contributed by atoms with van der Waals surface area (Å²) in [5, 5.41) is 21.2. The van der Waals surface area contributed by atoms with E-state index in [1.165, 1.54) is 4.90 Å². The number of likely N-dealkylation sites (tertiary alicyclic amines) is 1. The van der Waals surface area contributed by atoms with E-state index in [2.05, 4.69) is 5.32 Å². The van der Waals surface area contributed by atoms with Crippen LogP contribution in [0.15, 0.2) is 0 Å². The molecule has 0 spiro atoms. The molecule has 1 heterocycles. The van der Waals surface area contributed by atoms with Crippen LogP contribution in [0, 0.1) is 11.8 Å². The highest BCUT2D eigenvalue weighted by Gasteiger charge is 2.29. The lowest BCUT2D eigenvalue weighted by Gasteiger charge is -2.35. The lowest BCUT2D eigenvalue weighted by Crippen LogP contribution is -2.52. The van der Waals surface area contributed by atoms with Crippen LogP contribution in [0.3, 0.4) is 0 Å². The van der Waals surface area contributed by atoms with Gasteiger partial charge >= 0.3 is 12.0 Å². The van der Waals surface area contributed by atoms with E-state index in [1.54, 1.807) is 13.8 Å². The van der Waals surface area contributed by atoms with Gasteiger partial charge in [0.1, 0.15) is 0 Å². The number of piperidine rings is 1. The number of carboxylic acids is 1. The van der Waals surface area contributed by atoms with E-state index in [1.807, 2.05) is 6.92 Å². The molecule has 18 heavy (non-hydrogen) atoms. The molecule has 3 N–H and O–H groups in total. The van der Waals surface area contributed by atoms with Crippen molar-refractivity contribution < 1.29 is 19.8 Å². The van der Waals surface area contributed by atoms with Crippen LogP contribution in [-0.4, -0.2) is 52.3 Å². The summed E-state index contributed by atoms with van der Waals surface area (Å²) in [6.45, 7) is 6.08. The Kier molecular flexibility index (Phi) is 4.95. The van der Waals surface area contributed by atoms with Gasteiger partial charge in [-0.15, -0.1) is 0 Å². The number of aliphatic carboxylic acids is 1. The molecule has 1 saturated heterocycles. The summed E-state index contributed by atoms with van der Waals surface area (Å²) >= 11 is 0. The Labute approximate surface area is 107 Å². The van der Waals surface area contributed by atoms with Gasteiger partial charge in [0.05, 0.1) is 12.0 Å². The first kappa shape index (κ1) is 14.8. The maximum atomic E-state index is 11.9. The summed E-state index contributed by atoms with van der Waals surface area (Å²) in [6.07, 6.45) is 0.258. The minimum Gasteiger partial charge on any atom is -0.481 e. The Hall–Kier alpha value is -1.30. The zero-order chi connectivity index (χ0) is 13.9. The third-order valence-corrected chi connectivity index (χ3v) is 3.70. The second kappa shape index (κ2) is 6.04. The Morgan fingerprint density at radius 3 is 2.50 bits per heavy atom. The molecule has 6 heteroatoms. The Morgan fingerprint density at radius 1 is 1.39 bits per heavy atom. The molecule has 6 nitrogen and oxygen atoms in total. The van der Waals surface area contributed by atoms with Crippen molar-refractivity contribution in [2.45, 2.75) is 39.3 Å². The highest BCUT2D eigenvalue weighted by atomic mass is 16.4. The van der Waals surface area contributed by atoms with Gasteiger partial charge in [-0.3, -0.25) is 4.79 Å². The van der Waals surface area contributed by atoms with Gasteiger partial charge in [-0.2, -0.15) is 0 Å². The number of aliphatic hydroxyl groups excluding tert-OH is 1. The van der Waals surface area contributed by atoms with Gasteiger partial charge < -0.3 is 20.4 Å². The van der Waals surface area contributed by atoms with E-state index in [-0.39, 0.29) is 11.9 Å². The molecule has 0 aromatic rings. The summed E-state index contributed by atoms with van der Waals surface area (Å²) in [4.78, 5) is 24.2. The number of urea groups is 1. The molecule has 2 amide bonds. The number of nitrogens with one attached hydrogen (secondary N) is 1. The average molecular weight is 258 g/mol. The zero-order valence-corrected chi connectivity index (χ0v) is 11.1. The van der Waals surface area contributed by atoms with E-state index in [0.717, 1.165) is 6.42 Å².